The predicted octanol–water partition coefficient (Wildman–Crippen LogP) is 0.819. The number of aliphatic carboxylic acids is 1. The molecule has 2 aliphatic rings. The van der Waals surface area contributed by atoms with Crippen molar-refractivity contribution in [1.82, 2.24) is 9.80 Å². The molecule has 3 rings (SSSR count). The van der Waals surface area contributed by atoms with E-state index in [0.717, 1.165) is 11.3 Å². The van der Waals surface area contributed by atoms with E-state index in [-0.39, 0.29) is 19.1 Å². The van der Waals surface area contributed by atoms with E-state index in [1.54, 1.807) is 4.90 Å². The average Bonchev–Trinajstić information content (AvgIpc) is 2.74. The van der Waals surface area contributed by atoms with Gasteiger partial charge in [0.2, 0.25) is 0 Å². The van der Waals surface area contributed by atoms with Crippen molar-refractivity contribution in [3.8, 4) is 0 Å². The Labute approximate surface area is 128 Å². The van der Waals surface area contributed by atoms with E-state index in [0.29, 0.717) is 26.3 Å². The van der Waals surface area contributed by atoms with Crippen molar-refractivity contribution in [3.05, 3.63) is 29.8 Å². The van der Waals surface area contributed by atoms with Crippen LogP contribution in [0.2, 0.25) is 0 Å². The molecule has 0 saturated carbocycles. The van der Waals surface area contributed by atoms with E-state index >= 15 is 0 Å². The molecule has 2 amide bonds. The zero-order valence-corrected chi connectivity index (χ0v) is 12.2. The van der Waals surface area contributed by atoms with Gasteiger partial charge in [0, 0.05) is 25.3 Å². The van der Waals surface area contributed by atoms with Crippen molar-refractivity contribution in [2.24, 2.45) is 0 Å². The summed E-state index contributed by atoms with van der Waals surface area (Å²) in [6.45, 7) is 2.46. The van der Waals surface area contributed by atoms with Crippen LogP contribution in [0.3, 0.4) is 0 Å². The molecule has 1 fully saturated rings. The van der Waals surface area contributed by atoms with Gasteiger partial charge in [-0.1, -0.05) is 18.2 Å². The topological polar surface area (TPSA) is 82.1 Å². The third-order valence-electron chi connectivity index (χ3n) is 4.03. The van der Waals surface area contributed by atoms with Crippen molar-refractivity contribution in [1.29, 1.82) is 0 Å². The number of ether oxygens (including phenoxy) is 1. The zero-order valence-electron chi connectivity index (χ0n) is 12.2. The number of carbonyl (C=O) groups excluding carboxylic acids is 1. The lowest BCUT2D eigenvalue weighted by Crippen LogP contribution is -2.54. The van der Waals surface area contributed by atoms with E-state index < -0.39 is 12.0 Å². The monoisotopic (exact) mass is 305 g/mol. The quantitative estimate of drug-likeness (QED) is 0.803. The highest BCUT2D eigenvalue weighted by Crippen LogP contribution is 2.23. The number of benzene rings is 1. The van der Waals surface area contributed by atoms with Crippen LogP contribution in [0.1, 0.15) is 5.56 Å². The first kappa shape index (κ1) is 14.6. The summed E-state index contributed by atoms with van der Waals surface area (Å²) >= 11 is 0. The first-order chi connectivity index (χ1) is 10.7. The third kappa shape index (κ3) is 2.85. The van der Waals surface area contributed by atoms with Crippen molar-refractivity contribution in [2.75, 3.05) is 38.2 Å². The van der Waals surface area contributed by atoms with Gasteiger partial charge in [0.15, 0.2) is 0 Å². The van der Waals surface area contributed by atoms with Gasteiger partial charge in [-0.25, -0.2) is 9.59 Å². The summed E-state index contributed by atoms with van der Waals surface area (Å²) in [7, 11) is 0. The van der Waals surface area contributed by atoms with Gasteiger partial charge >= 0.3 is 12.0 Å². The Morgan fingerprint density at radius 1 is 1.23 bits per heavy atom. The van der Waals surface area contributed by atoms with Crippen LogP contribution in [0.15, 0.2) is 24.3 Å². The molecule has 0 spiro atoms. The van der Waals surface area contributed by atoms with Crippen molar-refractivity contribution >= 4 is 17.7 Å². The van der Waals surface area contributed by atoms with E-state index in [1.807, 2.05) is 24.3 Å². The van der Waals surface area contributed by atoms with Gasteiger partial charge in [-0.15, -0.1) is 0 Å². The molecule has 2 aliphatic heterocycles. The Morgan fingerprint density at radius 3 is 2.68 bits per heavy atom. The minimum absolute atomic E-state index is 0.197. The maximum atomic E-state index is 12.7. The standard InChI is InChI=1S/C15H19N3O4/c19-14(20)13-9-16-12-4-2-1-3-11(12)10-18(13)15(21)17-5-7-22-8-6-17/h1-4,13,16H,5-10H2,(H,19,20). The van der Waals surface area contributed by atoms with E-state index in [9.17, 15) is 14.7 Å². The Morgan fingerprint density at radius 2 is 1.95 bits per heavy atom. The molecule has 1 unspecified atom stereocenters. The number of nitrogens with zero attached hydrogens (tertiary/aromatic N) is 2. The predicted molar refractivity (Wildman–Crippen MR) is 79.7 cm³/mol. The van der Waals surface area contributed by atoms with Gasteiger partial charge in [-0.2, -0.15) is 0 Å². The van der Waals surface area contributed by atoms with Crippen LogP contribution in [0.25, 0.3) is 0 Å². The molecule has 0 aliphatic carbocycles. The van der Waals surface area contributed by atoms with Gasteiger partial charge in [0.1, 0.15) is 6.04 Å². The van der Waals surface area contributed by atoms with Gasteiger partial charge in [-0.05, 0) is 11.6 Å². The lowest BCUT2D eigenvalue weighted by molar-refractivity contribution is -0.142. The normalized spacial score (nSPS) is 21.5. The summed E-state index contributed by atoms with van der Waals surface area (Å²) in [5, 5.41) is 12.6. The highest BCUT2D eigenvalue weighted by molar-refractivity contribution is 5.84. The number of amides is 2. The molecule has 7 heteroatoms. The second-order valence-electron chi connectivity index (χ2n) is 5.40. The number of morpholine rings is 1. The maximum absolute atomic E-state index is 12.7. The number of carbonyl (C=O) groups is 2. The van der Waals surface area contributed by atoms with E-state index in [2.05, 4.69) is 5.32 Å². The van der Waals surface area contributed by atoms with E-state index in [4.69, 9.17) is 4.74 Å². The molecule has 2 N–H and O–H groups in total. The molecule has 2 heterocycles. The van der Waals surface area contributed by atoms with Crippen LogP contribution < -0.4 is 5.32 Å². The first-order valence-electron chi connectivity index (χ1n) is 7.34. The fraction of sp³-hybridized carbons (Fsp3) is 0.467. The Kier molecular flexibility index (Phi) is 4.15. The molecule has 0 bridgehead atoms. The summed E-state index contributed by atoms with van der Waals surface area (Å²) in [4.78, 5) is 27.4. The lowest BCUT2D eigenvalue weighted by Gasteiger charge is -2.34. The fourth-order valence-corrected chi connectivity index (χ4v) is 2.80. The SMILES string of the molecule is O=C(O)C1CNc2ccccc2CN1C(=O)N1CCOCC1. The number of nitrogens with one attached hydrogen (secondary N) is 1. The number of rotatable bonds is 1. The zero-order chi connectivity index (χ0) is 15.5. The number of carboxylic acid groups (broad SMARTS) is 1. The highest BCUT2D eigenvalue weighted by Gasteiger charge is 2.35. The Balaban J connectivity index is 1.87. The summed E-state index contributed by atoms with van der Waals surface area (Å²) in [6, 6.07) is 6.46. The highest BCUT2D eigenvalue weighted by atomic mass is 16.5. The van der Waals surface area contributed by atoms with Crippen LogP contribution in [-0.4, -0.2) is 65.8 Å². The number of carboxylic acids is 1. The molecular formula is C15H19N3O4. The van der Waals surface area contributed by atoms with Crippen LogP contribution >= 0.6 is 0 Å². The minimum atomic E-state index is -0.998. The van der Waals surface area contributed by atoms with E-state index in [1.165, 1.54) is 4.90 Å². The lowest BCUT2D eigenvalue weighted by atomic mass is 10.1. The Bertz CT molecular complexity index is 572. The second kappa shape index (κ2) is 6.23. The van der Waals surface area contributed by atoms with Crippen LogP contribution in [-0.2, 0) is 16.1 Å². The number of hydrogen-bond acceptors (Lipinski definition) is 4. The fourth-order valence-electron chi connectivity index (χ4n) is 2.80. The summed E-state index contributed by atoms with van der Waals surface area (Å²) < 4.78 is 5.25. The molecule has 22 heavy (non-hydrogen) atoms. The van der Waals surface area contributed by atoms with Crippen molar-refractivity contribution in [3.63, 3.8) is 0 Å². The molecular weight excluding hydrogens is 286 g/mol. The molecule has 118 valence electrons. The number of para-hydroxylation sites is 1. The molecule has 0 radical (unpaired) electrons. The number of urea groups is 1. The van der Waals surface area contributed by atoms with Crippen molar-refractivity contribution < 1.29 is 19.4 Å². The van der Waals surface area contributed by atoms with Gasteiger partial charge in [0.05, 0.1) is 19.8 Å². The summed E-state index contributed by atoms with van der Waals surface area (Å²) in [5.74, 6) is -0.998. The molecule has 1 aromatic carbocycles. The first-order valence-corrected chi connectivity index (χ1v) is 7.34. The molecule has 1 aromatic rings. The van der Waals surface area contributed by atoms with Crippen LogP contribution in [0.4, 0.5) is 10.5 Å². The summed E-state index contributed by atoms with van der Waals surface area (Å²) in [6.07, 6.45) is 0. The van der Waals surface area contributed by atoms with Crippen molar-refractivity contribution in [2.45, 2.75) is 12.6 Å². The van der Waals surface area contributed by atoms with Gasteiger partial charge in [-0.3, -0.25) is 0 Å². The van der Waals surface area contributed by atoms with Crippen LogP contribution in [0.5, 0.6) is 0 Å². The van der Waals surface area contributed by atoms with Gasteiger partial charge in [0.25, 0.3) is 0 Å². The van der Waals surface area contributed by atoms with Gasteiger partial charge < -0.3 is 25.0 Å². The molecule has 7 nitrogen and oxygen atoms in total. The number of hydrogen-bond donors (Lipinski definition) is 2. The minimum Gasteiger partial charge on any atom is -0.480 e. The third-order valence-corrected chi connectivity index (χ3v) is 4.03. The maximum Gasteiger partial charge on any atom is 0.328 e. The largest absolute Gasteiger partial charge is 0.480 e. The number of fused-ring (bicyclic) bond motifs is 1. The number of anilines is 1. The smallest absolute Gasteiger partial charge is 0.328 e. The molecule has 1 atom stereocenters. The molecule has 0 aromatic heterocycles. The second-order valence-corrected chi connectivity index (χ2v) is 5.40. The average molecular weight is 305 g/mol. The van der Waals surface area contributed by atoms with Crippen LogP contribution in [0, 0.1) is 0 Å². The summed E-state index contributed by atoms with van der Waals surface area (Å²) in [5.41, 5.74) is 1.80. The molecule has 1 saturated heterocycles. The Hall–Kier alpha value is -2.28.